The Morgan fingerprint density at radius 3 is 2.41 bits per heavy atom. The molecule has 1 N–H and O–H groups in total. The lowest BCUT2D eigenvalue weighted by Gasteiger charge is -2.22. The Balaban J connectivity index is 3.11. The summed E-state index contributed by atoms with van der Waals surface area (Å²) in [7, 11) is 0. The Morgan fingerprint density at radius 2 is 1.94 bits per heavy atom. The molecule has 1 rings (SSSR count). The largest absolute Gasteiger partial charge is 0.507 e. The van der Waals surface area contributed by atoms with Crippen molar-refractivity contribution in [3.8, 4) is 5.75 Å². The van der Waals surface area contributed by atoms with Crippen molar-refractivity contribution >= 4 is 17.7 Å². The topological polar surface area (TPSA) is 37.3 Å². The first-order chi connectivity index (χ1) is 7.71. The number of rotatable bonds is 3. The van der Waals surface area contributed by atoms with Crippen LogP contribution in [0.3, 0.4) is 0 Å². The van der Waals surface area contributed by atoms with Gasteiger partial charge in [0.15, 0.2) is 5.12 Å². The van der Waals surface area contributed by atoms with Crippen LogP contribution in [0.15, 0.2) is 12.1 Å². The van der Waals surface area contributed by atoms with Gasteiger partial charge in [0.1, 0.15) is 5.75 Å². The number of carbonyl (C=O) groups is 1. The van der Waals surface area contributed by atoms with Gasteiger partial charge in [0.25, 0.3) is 0 Å². The zero-order chi connectivity index (χ0) is 13.2. The van der Waals surface area contributed by atoms with Crippen LogP contribution >= 0.6 is 12.6 Å². The molecule has 0 bridgehead atoms. The van der Waals surface area contributed by atoms with Gasteiger partial charge in [-0.3, -0.25) is 4.79 Å². The van der Waals surface area contributed by atoms with E-state index in [0.717, 1.165) is 16.7 Å². The van der Waals surface area contributed by atoms with E-state index < -0.39 is 0 Å². The first-order valence-electron chi connectivity index (χ1n) is 5.76. The van der Waals surface area contributed by atoms with Crippen LogP contribution in [-0.2, 0) is 16.6 Å². The molecule has 1 aromatic carbocycles. The summed E-state index contributed by atoms with van der Waals surface area (Å²) < 4.78 is 0. The fraction of sp³-hybridized carbons (Fsp3) is 0.500. The average molecular weight is 252 g/mol. The zero-order valence-electron chi connectivity index (χ0n) is 10.9. The summed E-state index contributed by atoms with van der Waals surface area (Å²) in [5.41, 5.74) is 2.77. The zero-order valence-corrected chi connectivity index (χ0v) is 11.8. The summed E-state index contributed by atoms with van der Waals surface area (Å²) in [4.78, 5) is 10.9. The molecule has 1 aromatic rings. The van der Waals surface area contributed by atoms with Gasteiger partial charge >= 0.3 is 0 Å². The number of benzene rings is 1. The Bertz CT molecular complexity index is 431. The molecule has 0 aliphatic rings. The SMILES string of the molecule is Cc1cc(CCC(=O)S)cc(C(C)(C)C)c1O. The molecule has 0 atom stereocenters. The van der Waals surface area contributed by atoms with Crippen LogP contribution < -0.4 is 0 Å². The maximum atomic E-state index is 10.9. The molecule has 0 unspecified atom stereocenters. The maximum Gasteiger partial charge on any atom is 0.186 e. The second-order valence-electron chi connectivity index (χ2n) is 5.45. The minimum atomic E-state index is -0.104. The van der Waals surface area contributed by atoms with Gasteiger partial charge < -0.3 is 5.11 Å². The van der Waals surface area contributed by atoms with Gasteiger partial charge in [0.05, 0.1) is 0 Å². The predicted molar refractivity (Wildman–Crippen MR) is 73.9 cm³/mol. The molecule has 0 amide bonds. The number of carbonyl (C=O) groups excluding carboxylic acids is 1. The molecule has 0 aromatic heterocycles. The van der Waals surface area contributed by atoms with Gasteiger partial charge in [-0.15, -0.1) is 12.6 Å². The maximum absolute atomic E-state index is 10.9. The third-order valence-electron chi connectivity index (χ3n) is 2.80. The van der Waals surface area contributed by atoms with Gasteiger partial charge in [-0.05, 0) is 35.4 Å². The number of aryl methyl sites for hydroxylation is 2. The minimum absolute atomic E-state index is 0.101. The highest BCUT2D eigenvalue weighted by atomic mass is 32.1. The lowest BCUT2D eigenvalue weighted by Crippen LogP contribution is -2.12. The lowest BCUT2D eigenvalue weighted by atomic mass is 9.83. The summed E-state index contributed by atoms with van der Waals surface area (Å²) in [6.07, 6.45) is 1.10. The number of phenols is 1. The normalized spacial score (nSPS) is 11.6. The second kappa shape index (κ2) is 5.13. The highest BCUT2D eigenvalue weighted by Gasteiger charge is 2.20. The van der Waals surface area contributed by atoms with E-state index in [-0.39, 0.29) is 10.5 Å². The van der Waals surface area contributed by atoms with E-state index >= 15 is 0 Å². The second-order valence-corrected chi connectivity index (χ2v) is 5.95. The molecule has 0 radical (unpaired) electrons. The minimum Gasteiger partial charge on any atom is -0.507 e. The molecule has 94 valence electrons. The fourth-order valence-corrected chi connectivity index (χ4v) is 1.93. The van der Waals surface area contributed by atoms with Crippen molar-refractivity contribution in [2.24, 2.45) is 0 Å². The van der Waals surface area contributed by atoms with E-state index in [2.05, 4.69) is 33.4 Å². The molecule has 0 saturated carbocycles. The molecule has 0 heterocycles. The van der Waals surface area contributed by atoms with Crippen molar-refractivity contribution in [1.29, 1.82) is 0 Å². The summed E-state index contributed by atoms with van der Waals surface area (Å²) in [6, 6.07) is 3.92. The van der Waals surface area contributed by atoms with E-state index in [9.17, 15) is 9.90 Å². The van der Waals surface area contributed by atoms with Gasteiger partial charge in [-0.25, -0.2) is 0 Å². The molecule has 17 heavy (non-hydrogen) atoms. The first-order valence-corrected chi connectivity index (χ1v) is 6.21. The number of aromatic hydroxyl groups is 1. The molecule has 0 fully saturated rings. The monoisotopic (exact) mass is 252 g/mol. The van der Waals surface area contributed by atoms with Crippen molar-refractivity contribution in [3.63, 3.8) is 0 Å². The molecule has 3 heteroatoms. The third kappa shape index (κ3) is 3.77. The van der Waals surface area contributed by atoms with Crippen molar-refractivity contribution in [1.82, 2.24) is 0 Å². The molecule has 0 aliphatic carbocycles. The Kier molecular flexibility index (Phi) is 4.26. The standard InChI is InChI=1S/C14H20O2S/c1-9-7-10(5-6-12(15)17)8-11(13(9)16)14(2,3)4/h7-8,16H,5-6H2,1-4H3,(H,15,17). The summed E-state index contributed by atoms with van der Waals surface area (Å²) in [5, 5.41) is 9.95. The summed E-state index contributed by atoms with van der Waals surface area (Å²) in [6.45, 7) is 8.08. The van der Waals surface area contributed by atoms with Crippen LogP contribution in [0.1, 0.15) is 43.9 Å². The van der Waals surface area contributed by atoms with Gasteiger partial charge in [-0.2, -0.15) is 0 Å². The highest BCUT2D eigenvalue weighted by molar-refractivity contribution is 7.96. The Labute approximate surface area is 108 Å². The van der Waals surface area contributed by atoms with Crippen molar-refractivity contribution in [2.45, 2.75) is 46.0 Å². The third-order valence-corrected chi connectivity index (χ3v) is 3.02. The van der Waals surface area contributed by atoms with Gasteiger partial charge in [-0.1, -0.05) is 32.9 Å². The van der Waals surface area contributed by atoms with Crippen molar-refractivity contribution in [3.05, 3.63) is 28.8 Å². The molecule has 2 nitrogen and oxygen atoms in total. The number of phenolic OH excluding ortho intramolecular Hbond substituents is 1. The van der Waals surface area contributed by atoms with Gasteiger partial charge in [0, 0.05) is 6.42 Å². The summed E-state index contributed by atoms with van der Waals surface area (Å²) in [5.74, 6) is 0.360. The van der Waals surface area contributed by atoms with Crippen LogP contribution in [0.5, 0.6) is 5.75 Å². The number of thiol groups is 1. The summed E-state index contributed by atoms with van der Waals surface area (Å²) >= 11 is 3.77. The van der Waals surface area contributed by atoms with E-state index in [4.69, 9.17) is 0 Å². The molecule has 0 saturated heterocycles. The molecule has 0 aliphatic heterocycles. The first kappa shape index (κ1) is 14.1. The van der Waals surface area contributed by atoms with Crippen LogP contribution in [0.25, 0.3) is 0 Å². The lowest BCUT2D eigenvalue weighted by molar-refractivity contribution is -0.110. The number of hydrogen-bond acceptors (Lipinski definition) is 2. The van der Waals surface area contributed by atoms with E-state index in [1.807, 2.05) is 19.1 Å². The molecular weight excluding hydrogens is 232 g/mol. The highest BCUT2D eigenvalue weighted by Crippen LogP contribution is 2.34. The van der Waals surface area contributed by atoms with E-state index in [0.29, 0.717) is 18.6 Å². The number of hydrogen-bond donors (Lipinski definition) is 2. The molecular formula is C14H20O2S. The average Bonchev–Trinajstić information content (AvgIpc) is 2.17. The van der Waals surface area contributed by atoms with Crippen LogP contribution in [0.4, 0.5) is 0 Å². The Hall–Kier alpha value is -0.960. The van der Waals surface area contributed by atoms with Crippen LogP contribution in [-0.4, -0.2) is 10.2 Å². The van der Waals surface area contributed by atoms with E-state index in [1.54, 1.807) is 0 Å². The van der Waals surface area contributed by atoms with Crippen molar-refractivity contribution in [2.75, 3.05) is 0 Å². The predicted octanol–water partition coefficient (Wildman–Crippen LogP) is 3.39. The Morgan fingerprint density at radius 1 is 1.35 bits per heavy atom. The quantitative estimate of drug-likeness (QED) is 0.809. The molecule has 0 spiro atoms. The van der Waals surface area contributed by atoms with Crippen LogP contribution in [0.2, 0.25) is 0 Å². The fourth-order valence-electron chi connectivity index (χ4n) is 1.82. The smallest absolute Gasteiger partial charge is 0.186 e. The van der Waals surface area contributed by atoms with E-state index in [1.165, 1.54) is 0 Å². The van der Waals surface area contributed by atoms with Gasteiger partial charge in [0.2, 0.25) is 0 Å². The van der Waals surface area contributed by atoms with Crippen LogP contribution in [0, 0.1) is 6.92 Å². The van der Waals surface area contributed by atoms with Crippen molar-refractivity contribution < 1.29 is 9.90 Å².